The first kappa shape index (κ1) is 14.6. The fourth-order valence-corrected chi connectivity index (χ4v) is 4.37. The number of rotatable bonds is 3. The van der Waals surface area contributed by atoms with Gasteiger partial charge in [0.2, 0.25) is 0 Å². The van der Waals surface area contributed by atoms with Crippen LogP contribution in [0.25, 0.3) is 0 Å². The zero-order chi connectivity index (χ0) is 14.3. The highest BCUT2D eigenvalue weighted by molar-refractivity contribution is 7.91. The molecule has 0 spiro atoms. The summed E-state index contributed by atoms with van der Waals surface area (Å²) < 4.78 is 24.6. The molecule has 0 N–H and O–H groups in total. The first-order valence-corrected chi connectivity index (χ1v) is 8.63. The normalized spacial score (nSPS) is 24.0. The molecule has 1 fully saturated rings. The van der Waals surface area contributed by atoms with E-state index in [2.05, 4.69) is 20.8 Å². The number of benzene rings is 1. The monoisotopic (exact) mass is 280 g/mol. The van der Waals surface area contributed by atoms with Crippen LogP contribution in [0.3, 0.4) is 0 Å². The van der Waals surface area contributed by atoms with Gasteiger partial charge in [-0.15, -0.1) is 0 Å². The lowest BCUT2D eigenvalue weighted by Gasteiger charge is -2.43. The lowest BCUT2D eigenvalue weighted by molar-refractivity contribution is 0.0879. The van der Waals surface area contributed by atoms with Crippen molar-refractivity contribution in [2.24, 2.45) is 17.3 Å². The van der Waals surface area contributed by atoms with Crippen LogP contribution in [0.1, 0.15) is 39.2 Å². The second kappa shape index (κ2) is 4.93. The highest BCUT2D eigenvalue weighted by atomic mass is 32.2. The maximum absolute atomic E-state index is 12.3. The van der Waals surface area contributed by atoms with Crippen LogP contribution in [0, 0.1) is 24.2 Å². The Kier molecular flexibility index (Phi) is 3.78. The van der Waals surface area contributed by atoms with E-state index in [0.717, 1.165) is 18.4 Å². The van der Waals surface area contributed by atoms with E-state index < -0.39 is 9.84 Å². The average molecular weight is 280 g/mol. The second-order valence-electron chi connectivity index (χ2n) is 6.99. The summed E-state index contributed by atoms with van der Waals surface area (Å²) in [6.45, 7) is 8.68. The molecule has 0 unspecified atom stereocenters. The smallest absolute Gasteiger partial charge is 0.178 e. The van der Waals surface area contributed by atoms with Crippen LogP contribution in [0.5, 0.6) is 0 Å². The first-order chi connectivity index (χ1) is 8.68. The van der Waals surface area contributed by atoms with E-state index in [4.69, 9.17) is 0 Å². The van der Waals surface area contributed by atoms with Gasteiger partial charge in [-0.05, 0) is 49.1 Å². The standard InChI is InChI=1S/C16H24O2S/c1-12-5-7-15(8-6-12)19(17,18)11-13-9-14(10-13)16(2,3)4/h5-8,13-14H,9-11H2,1-4H3. The van der Waals surface area contributed by atoms with Gasteiger partial charge in [0.1, 0.15) is 0 Å². The van der Waals surface area contributed by atoms with Crippen molar-refractivity contribution in [3.8, 4) is 0 Å². The number of sulfone groups is 1. The van der Waals surface area contributed by atoms with Crippen LogP contribution in [-0.2, 0) is 9.84 Å². The summed E-state index contributed by atoms with van der Waals surface area (Å²) >= 11 is 0. The molecule has 106 valence electrons. The Bertz CT molecular complexity index is 529. The Morgan fingerprint density at radius 3 is 2.11 bits per heavy atom. The first-order valence-electron chi connectivity index (χ1n) is 6.98. The Balaban J connectivity index is 1.99. The Morgan fingerprint density at radius 2 is 1.63 bits per heavy atom. The molecular formula is C16H24O2S. The SMILES string of the molecule is Cc1ccc(S(=O)(=O)CC2CC(C(C)(C)C)C2)cc1. The van der Waals surface area contributed by atoms with Crippen molar-refractivity contribution in [1.82, 2.24) is 0 Å². The van der Waals surface area contributed by atoms with Crippen LogP contribution in [0.2, 0.25) is 0 Å². The summed E-state index contributed by atoms with van der Waals surface area (Å²) in [4.78, 5) is 0.470. The van der Waals surface area contributed by atoms with Crippen LogP contribution >= 0.6 is 0 Å². The molecule has 3 heteroatoms. The van der Waals surface area contributed by atoms with E-state index in [-0.39, 0.29) is 0 Å². The summed E-state index contributed by atoms with van der Waals surface area (Å²) in [5.41, 5.74) is 1.40. The average Bonchev–Trinajstić information content (AvgIpc) is 2.22. The van der Waals surface area contributed by atoms with Crippen LogP contribution < -0.4 is 0 Å². The molecule has 1 aromatic rings. The lowest BCUT2D eigenvalue weighted by atomic mass is 9.64. The topological polar surface area (TPSA) is 34.1 Å². The predicted molar refractivity (Wildman–Crippen MR) is 78.9 cm³/mol. The van der Waals surface area contributed by atoms with Crippen molar-refractivity contribution in [2.45, 2.75) is 45.4 Å². The lowest BCUT2D eigenvalue weighted by Crippen LogP contribution is -2.37. The molecule has 0 atom stereocenters. The minimum absolute atomic E-state index is 0.308. The predicted octanol–water partition coefficient (Wildman–Crippen LogP) is 3.84. The summed E-state index contributed by atoms with van der Waals surface area (Å²) in [5.74, 6) is 1.32. The quantitative estimate of drug-likeness (QED) is 0.843. The summed E-state index contributed by atoms with van der Waals surface area (Å²) in [6, 6.07) is 7.19. The number of hydrogen-bond donors (Lipinski definition) is 0. The maximum atomic E-state index is 12.3. The maximum Gasteiger partial charge on any atom is 0.178 e. The van der Waals surface area contributed by atoms with Crippen LogP contribution in [0.4, 0.5) is 0 Å². The Morgan fingerprint density at radius 1 is 1.11 bits per heavy atom. The summed E-state index contributed by atoms with van der Waals surface area (Å²) in [7, 11) is -3.11. The molecule has 19 heavy (non-hydrogen) atoms. The molecule has 2 rings (SSSR count). The Labute approximate surface area is 117 Å². The minimum atomic E-state index is -3.11. The van der Waals surface area contributed by atoms with Crippen LogP contribution in [-0.4, -0.2) is 14.2 Å². The van der Waals surface area contributed by atoms with Crippen molar-refractivity contribution in [3.05, 3.63) is 29.8 Å². The third-order valence-electron chi connectivity index (χ3n) is 4.30. The largest absolute Gasteiger partial charge is 0.224 e. The van der Waals surface area contributed by atoms with Gasteiger partial charge < -0.3 is 0 Å². The van der Waals surface area contributed by atoms with Gasteiger partial charge >= 0.3 is 0 Å². The summed E-state index contributed by atoms with van der Waals surface area (Å²) in [5, 5.41) is 0. The van der Waals surface area contributed by atoms with E-state index >= 15 is 0 Å². The van der Waals surface area contributed by atoms with Gasteiger partial charge in [-0.25, -0.2) is 8.42 Å². The molecule has 0 bridgehead atoms. The van der Waals surface area contributed by atoms with Crippen molar-refractivity contribution in [1.29, 1.82) is 0 Å². The van der Waals surface area contributed by atoms with Gasteiger partial charge in [0.25, 0.3) is 0 Å². The molecular weight excluding hydrogens is 256 g/mol. The van der Waals surface area contributed by atoms with E-state index in [1.807, 2.05) is 19.1 Å². The molecule has 1 aliphatic rings. The molecule has 0 radical (unpaired) electrons. The second-order valence-corrected chi connectivity index (χ2v) is 9.03. The van der Waals surface area contributed by atoms with Gasteiger partial charge in [0.05, 0.1) is 10.6 Å². The van der Waals surface area contributed by atoms with Gasteiger partial charge in [-0.3, -0.25) is 0 Å². The van der Waals surface area contributed by atoms with E-state index in [1.165, 1.54) is 0 Å². The van der Waals surface area contributed by atoms with E-state index in [0.29, 0.717) is 27.9 Å². The highest BCUT2D eigenvalue weighted by Gasteiger charge is 2.39. The fraction of sp³-hybridized carbons (Fsp3) is 0.625. The van der Waals surface area contributed by atoms with Gasteiger partial charge in [-0.2, -0.15) is 0 Å². The van der Waals surface area contributed by atoms with Crippen molar-refractivity contribution in [3.63, 3.8) is 0 Å². The fourth-order valence-electron chi connectivity index (χ4n) is 2.73. The molecule has 0 aromatic heterocycles. The molecule has 0 amide bonds. The molecule has 1 saturated carbocycles. The molecule has 0 heterocycles. The molecule has 2 nitrogen and oxygen atoms in total. The molecule has 0 aliphatic heterocycles. The Hall–Kier alpha value is -0.830. The third-order valence-corrected chi connectivity index (χ3v) is 6.20. The van der Waals surface area contributed by atoms with E-state index in [1.54, 1.807) is 12.1 Å². The highest BCUT2D eigenvalue weighted by Crippen LogP contribution is 2.45. The van der Waals surface area contributed by atoms with E-state index in [9.17, 15) is 8.42 Å². The van der Waals surface area contributed by atoms with Gasteiger partial charge in [0, 0.05) is 0 Å². The molecule has 1 aromatic carbocycles. The third kappa shape index (κ3) is 3.38. The van der Waals surface area contributed by atoms with Crippen molar-refractivity contribution >= 4 is 9.84 Å². The molecule has 1 aliphatic carbocycles. The zero-order valence-corrected chi connectivity index (χ0v) is 13.1. The summed E-state index contributed by atoms with van der Waals surface area (Å²) in [6.07, 6.45) is 2.10. The zero-order valence-electron chi connectivity index (χ0n) is 12.3. The molecule has 0 saturated heterocycles. The van der Waals surface area contributed by atoms with Crippen LogP contribution in [0.15, 0.2) is 29.2 Å². The number of hydrogen-bond acceptors (Lipinski definition) is 2. The van der Waals surface area contributed by atoms with Gasteiger partial charge in [-0.1, -0.05) is 38.5 Å². The number of aryl methyl sites for hydroxylation is 1. The van der Waals surface area contributed by atoms with Gasteiger partial charge in [0.15, 0.2) is 9.84 Å². The minimum Gasteiger partial charge on any atom is -0.224 e. The van der Waals surface area contributed by atoms with Crippen molar-refractivity contribution in [2.75, 3.05) is 5.75 Å². The van der Waals surface area contributed by atoms with Crippen molar-refractivity contribution < 1.29 is 8.42 Å².